The van der Waals surface area contributed by atoms with Gasteiger partial charge < -0.3 is 4.74 Å². The second-order valence-electron chi connectivity index (χ2n) is 4.58. The Hall–Kier alpha value is -0.690. The van der Waals surface area contributed by atoms with E-state index in [0.29, 0.717) is 5.88 Å². The number of rotatable bonds is 1. The number of fused-ring (bicyclic) bond motifs is 1. The summed E-state index contributed by atoms with van der Waals surface area (Å²) in [4.78, 5) is 0. The standard InChI is InChI=1S/C12H15ClO.C2H6/c1-8-4-9-6-12(2,3)14-11(9)10(5-8)7-13;1-2/h4-5H,6-7H2,1-3H3;1-2H3. The zero-order valence-electron chi connectivity index (χ0n) is 10.9. The van der Waals surface area contributed by atoms with Gasteiger partial charge in [-0.2, -0.15) is 0 Å². The second-order valence-corrected chi connectivity index (χ2v) is 4.85. The Morgan fingerprint density at radius 2 is 1.94 bits per heavy atom. The highest BCUT2D eigenvalue weighted by atomic mass is 35.5. The van der Waals surface area contributed by atoms with Crippen LogP contribution in [0.3, 0.4) is 0 Å². The molecule has 16 heavy (non-hydrogen) atoms. The summed E-state index contributed by atoms with van der Waals surface area (Å²) in [6.07, 6.45) is 0.980. The summed E-state index contributed by atoms with van der Waals surface area (Å²) in [7, 11) is 0. The molecule has 0 aromatic heterocycles. The van der Waals surface area contributed by atoms with E-state index in [1.54, 1.807) is 0 Å². The van der Waals surface area contributed by atoms with Crippen LogP contribution in [0.25, 0.3) is 0 Å². The lowest BCUT2D eigenvalue weighted by molar-refractivity contribution is 0.137. The molecule has 2 heteroatoms. The van der Waals surface area contributed by atoms with Crippen molar-refractivity contribution in [1.82, 2.24) is 0 Å². The van der Waals surface area contributed by atoms with Gasteiger partial charge in [0.1, 0.15) is 11.4 Å². The minimum Gasteiger partial charge on any atom is -0.487 e. The highest BCUT2D eigenvalue weighted by Crippen LogP contribution is 2.38. The monoisotopic (exact) mass is 240 g/mol. The van der Waals surface area contributed by atoms with Crippen LogP contribution in [-0.2, 0) is 12.3 Å². The molecule has 0 bridgehead atoms. The van der Waals surface area contributed by atoms with Crippen molar-refractivity contribution in [2.75, 3.05) is 0 Å². The second kappa shape index (κ2) is 5.09. The Bertz CT molecular complexity index is 369. The van der Waals surface area contributed by atoms with E-state index in [-0.39, 0.29) is 5.60 Å². The third-order valence-electron chi connectivity index (χ3n) is 2.53. The molecule has 1 heterocycles. The van der Waals surface area contributed by atoms with E-state index in [1.165, 1.54) is 11.1 Å². The van der Waals surface area contributed by atoms with Crippen molar-refractivity contribution in [1.29, 1.82) is 0 Å². The van der Waals surface area contributed by atoms with Gasteiger partial charge in [-0.3, -0.25) is 0 Å². The zero-order valence-corrected chi connectivity index (χ0v) is 11.6. The summed E-state index contributed by atoms with van der Waals surface area (Å²) in [5, 5.41) is 0. The van der Waals surface area contributed by atoms with Crippen molar-refractivity contribution in [3.63, 3.8) is 0 Å². The number of halogens is 1. The van der Waals surface area contributed by atoms with E-state index in [4.69, 9.17) is 16.3 Å². The van der Waals surface area contributed by atoms with Gasteiger partial charge >= 0.3 is 0 Å². The molecular formula is C14H21ClO. The predicted molar refractivity (Wildman–Crippen MR) is 70.5 cm³/mol. The number of hydrogen-bond donors (Lipinski definition) is 0. The van der Waals surface area contributed by atoms with Gasteiger partial charge in [0.05, 0.1) is 5.88 Å². The summed E-state index contributed by atoms with van der Waals surface area (Å²) in [6, 6.07) is 4.30. The molecule has 1 aliphatic rings. The normalized spacial score (nSPS) is 15.9. The summed E-state index contributed by atoms with van der Waals surface area (Å²) >= 11 is 5.90. The molecular weight excluding hydrogens is 220 g/mol. The topological polar surface area (TPSA) is 9.23 Å². The Balaban J connectivity index is 0.000000606. The Morgan fingerprint density at radius 1 is 1.31 bits per heavy atom. The van der Waals surface area contributed by atoms with Crippen LogP contribution in [0.5, 0.6) is 5.75 Å². The molecule has 0 unspecified atom stereocenters. The van der Waals surface area contributed by atoms with E-state index < -0.39 is 0 Å². The van der Waals surface area contributed by atoms with Crippen molar-refractivity contribution < 1.29 is 4.74 Å². The van der Waals surface area contributed by atoms with E-state index >= 15 is 0 Å². The zero-order chi connectivity index (χ0) is 12.3. The number of alkyl halides is 1. The maximum atomic E-state index is 5.90. The molecule has 1 aromatic carbocycles. The lowest BCUT2D eigenvalue weighted by Crippen LogP contribution is -2.24. The van der Waals surface area contributed by atoms with Crippen LogP contribution in [0.1, 0.15) is 44.4 Å². The van der Waals surface area contributed by atoms with Crippen LogP contribution >= 0.6 is 11.6 Å². The summed E-state index contributed by atoms with van der Waals surface area (Å²) in [5.41, 5.74) is 3.61. The molecule has 0 saturated heterocycles. The van der Waals surface area contributed by atoms with Gasteiger partial charge in [-0.1, -0.05) is 31.5 Å². The van der Waals surface area contributed by atoms with Gasteiger partial charge in [0, 0.05) is 12.0 Å². The van der Waals surface area contributed by atoms with Gasteiger partial charge in [0.2, 0.25) is 0 Å². The number of benzene rings is 1. The smallest absolute Gasteiger partial charge is 0.127 e. The molecule has 0 radical (unpaired) electrons. The van der Waals surface area contributed by atoms with Gasteiger partial charge in [-0.25, -0.2) is 0 Å². The Morgan fingerprint density at radius 3 is 2.50 bits per heavy atom. The molecule has 0 amide bonds. The number of aryl methyl sites for hydroxylation is 1. The van der Waals surface area contributed by atoms with Crippen molar-refractivity contribution in [2.24, 2.45) is 0 Å². The average molecular weight is 241 g/mol. The van der Waals surface area contributed by atoms with Crippen LogP contribution in [0, 0.1) is 6.92 Å². The third-order valence-corrected chi connectivity index (χ3v) is 2.81. The fraction of sp³-hybridized carbons (Fsp3) is 0.571. The molecule has 0 N–H and O–H groups in total. The van der Waals surface area contributed by atoms with E-state index in [2.05, 4.69) is 32.9 Å². The Labute approximate surface area is 104 Å². The SMILES string of the molecule is CC.Cc1cc(CCl)c2c(c1)CC(C)(C)O2. The molecule has 0 spiro atoms. The van der Waals surface area contributed by atoms with Gasteiger partial charge in [0.25, 0.3) is 0 Å². The lowest BCUT2D eigenvalue weighted by atomic mass is 9.99. The molecule has 0 saturated carbocycles. The van der Waals surface area contributed by atoms with Crippen LogP contribution < -0.4 is 4.74 Å². The van der Waals surface area contributed by atoms with Crippen molar-refractivity contribution in [3.8, 4) is 5.75 Å². The first kappa shape index (κ1) is 13.4. The van der Waals surface area contributed by atoms with Gasteiger partial charge in [-0.15, -0.1) is 11.6 Å². The number of hydrogen-bond acceptors (Lipinski definition) is 1. The highest BCUT2D eigenvalue weighted by Gasteiger charge is 2.31. The van der Waals surface area contributed by atoms with E-state index in [1.807, 2.05) is 13.8 Å². The van der Waals surface area contributed by atoms with Crippen molar-refractivity contribution in [3.05, 3.63) is 28.8 Å². The van der Waals surface area contributed by atoms with Crippen molar-refractivity contribution in [2.45, 2.75) is 52.5 Å². The quantitative estimate of drug-likeness (QED) is 0.658. The minimum atomic E-state index is -0.0725. The summed E-state index contributed by atoms with van der Waals surface area (Å²) in [6.45, 7) is 10.3. The maximum Gasteiger partial charge on any atom is 0.127 e. The molecule has 2 rings (SSSR count). The molecule has 0 fully saturated rings. The van der Waals surface area contributed by atoms with Crippen LogP contribution in [-0.4, -0.2) is 5.60 Å². The van der Waals surface area contributed by atoms with Crippen LogP contribution in [0.2, 0.25) is 0 Å². The number of ether oxygens (including phenoxy) is 1. The Kier molecular flexibility index (Phi) is 4.26. The first-order valence-corrected chi connectivity index (χ1v) is 6.43. The first-order valence-electron chi connectivity index (χ1n) is 5.89. The van der Waals surface area contributed by atoms with Gasteiger partial charge in [-0.05, 0) is 26.3 Å². The fourth-order valence-electron chi connectivity index (χ4n) is 2.06. The predicted octanol–water partition coefficient (Wildman–Crippen LogP) is 4.47. The van der Waals surface area contributed by atoms with Crippen molar-refractivity contribution >= 4 is 11.6 Å². The lowest BCUT2D eigenvalue weighted by Gasteiger charge is -2.17. The highest BCUT2D eigenvalue weighted by molar-refractivity contribution is 6.17. The minimum absolute atomic E-state index is 0.0725. The molecule has 0 aliphatic carbocycles. The molecule has 0 atom stereocenters. The fourth-order valence-corrected chi connectivity index (χ4v) is 2.26. The summed E-state index contributed by atoms with van der Waals surface area (Å²) < 4.78 is 5.89. The molecule has 90 valence electrons. The van der Waals surface area contributed by atoms with Crippen LogP contribution in [0.4, 0.5) is 0 Å². The average Bonchev–Trinajstić information content (AvgIpc) is 2.53. The summed E-state index contributed by atoms with van der Waals surface area (Å²) in [5.74, 6) is 1.54. The van der Waals surface area contributed by atoms with E-state index in [0.717, 1.165) is 17.7 Å². The van der Waals surface area contributed by atoms with Crippen LogP contribution in [0.15, 0.2) is 12.1 Å². The van der Waals surface area contributed by atoms with E-state index in [9.17, 15) is 0 Å². The molecule has 1 nitrogen and oxygen atoms in total. The largest absolute Gasteiger partial charge is 0.487 e. The van der Waals surface area contributed by atoms with Gasteiger partial charge in [0.15, 0.2) is 0 Å². The molecule has 1 aliphatic heterocycles. The first-order chi connectivity index (χ1) is 7.52. The third kappa shape index (κ3) is 2.70. The molecule has 1 aromatic rings. The maximum absolute atomic E-state index is 5.90.